The molecule has 0 amide bonds. The zero-order valence-electron chi connectivity index (χ0n) is 23.5. The number of aromatic nitrogens is 5. The highest BCUT2D eigenvalue weighted by molar-refractivity contribution is 5.77. The highest BCUT2D eigenvalue weighted by atomic mass is 16.3. The standard InChI is InChI=1S/C31H35N7O2/c1-6-13-37-27(39)22-16-32-28(33-21-9-7-20-17-36(5)18-29(2,3)23(20)14-21)35-26(22)38(37)24-10-8-19-15-31(11-12-31)30(4,40)25(19)34-24/h6-10,14,16,40H,1,11-13,15,17-18H2,2-5H3,(H,32,33,35). The lowest BCUT2D eigenvalue weighted by atomic mass is 9.78. The average Bonchev–Trinajstić information content (AvgIpc) is 3.60. The minimum atomic E-state index is -0.998. The van der Waals surface area contributed by atoms with Gasteiger partial charge in [0, 0.05) is 35.8 Å². The first-order chi connectivity index (χ1) is 19.0. The van der Waals surface area contributed by atoms with Crippen LogP contribution in [0.5, 0.6) is 0 Å². The third kappa shape index (κ3) is 3.60. The Kier molecular flexibility index (Phi) is 5.25. The highest BCUT2D eigenvalue weighted by Crippen LogP contribution is 2.64. The number of nitrogens with one attached hydrogen (secondary N) is 1. The van der Waals surface area contributed by atoms with Gasteiger partial charge in [0.1, 0.15) is 11.0 Å². The van der Waals surface area contributed by atoms with E-state index in [1.165, 1.54) is 11.1 Å². The van der Waals surface area contributed by atoms with Crippen LogP contribution in [0.3, 0.4) is 0 Å². The van der Waals surface area contributed by atoms with Gasteiger partial charge in [0.2, 0.25) is 5.95 Å². The first-order valence-electron chi connectivity index (χ1n) is 13.9. The molecule has 40 heavy (non-hydrogen) atoms. The molecule has 1 atom stereocenters. The van der Waals surface area contributed by atoms with E-state index in [0.717, 1.165) is 43.6 Å². The number of rotatable bonds is 5. The fourth-order valence-corrected chi connectivity index (χ4v) is 7.03. The number of nitrogens with zero attached hydrogens (tertiary/aromatic N) is 6. The van der Waals surface area contributed by atoms with Gasteiger partial charge in [-0.2, -0.15) is 4.98 Å². The summed E-state index contributed by atoms with van der Waals surface area (Å²) >= 11 is 0. The third-order valence-corrected chi connectivity index (χ3v) is 9.24. The van der Waals surface area contributed by atoms with Crippen LogP contribution in [-0.4, -0.2) is 47.9 Å². The maximum atomic E-state index is 13.4. The van der Waals surface area contributed by atoms with Crippen molar-refractivity contribution in [3.8, 4) is 5.82 Å². The summed E-state index contributed by atoms with van der Waals surface area (Å²) in [4.78, 5) is 30.0. The van der Waals surface area contributed by atoms with E-state index in [1.807, 2.05) is 19.1 Å². The van der Waals surface area contributed by atoms with Gasteiger partial charge in [-0.05, 0) is 68.1 Å². The van der Waals surface area contributed by atoms with Crippen molar-refractivity contribution >= 4 is 22.7 Å². The van der Waals surface area contributed by atoms with Crippen molar-refractivity contribution in [2.24, 2.45) is 5.41 Å². The first kappa shape index (κ1) is 25.2. The Labute approximate surface area is 233 Å². The molecule has 7 rings (SSSR count). The van der Waals surface area contributed by atoms with Crippen molar-refractivity contribution in [3.05, 3.63) is 81.9 Å². The summed E-state index contributed by atoms with van der Waals surface area (Å²) < 4.78 is 3.30. The minimum absolute atomic E-state index is 0.0205. The van der Waals surface area contributed by atoms with Gasteiger partial charge in [0.05, 0.1) is 12.2 Å². The van der Waals surface area contributed by atoms with Gasteiger partial charge in [-0.25, -0.2) is 19.3 Å². The maximum Gasteiger partial charge on any atom is 0.278 e. The molecule has 9 nitrogen and oxygen atoms in total. The molecule has 4 aromatic rings. The SMILES string of the molecule is C=CCn1c(=O)c2cnc(Nc3ccc4c(c3)C(C)(C)CN(C)C4)nc2n1-c1ccc2c(n1)C(C)(O)C1(CC1)C2. The molecule has 1 aliphatic heterocycles. The van der Waals surface area contributed by atoms with Crippen molar-refractivity contribution < 1.29 is 5.11 Å². The van der Waals surface area contributed by atoms with Gasteiger partial charge in [-0.1, -0.05) is 32.1 Å². The molecule has 1 aromatic carbocycles. The van der Waals surface area contributed by atoms with Crippen LogP contribution in [0, 0.1) is 5.41 Å². The van der Waals surface area contributed by atoms with Crippen LogP contribution < -0.4 is 10.9 Å². The van der Waals surface area contributed by atoms with Gasteiger partial charge < -0.3 is 15.3 Å². The molecule has 1 spiro atoms. The van der Waals surface area contributed by atoms with Crippen LogP contribution in [0.1, 0.15) is 56.0 Å². The van der Waals surface area contributed by atoms with Crippen LogP contribution in [0.15, 0.2) is 54.0 Å². The van der Waals surface area contributed by atoms with E-state index >= 15 is 0 Å². The lowest BCUT2D eigenvalue weighted by Crippen LogP contribution is -2.39. The molecule has 9 heteroatoms. The number of anilines is 2. The largest absolute Gasteiger partial charge is 0.383 e. The molecule has 0 saturated heterocycles. The Hall–Kier alpha value is -3.82. The topological polar surface area (TPSA) is 101 Å². The van der Waals surface area contributed by atoms with Crippen molar-refractivity contribution in [1.29, 1.82) is 0 Å². The average molecular weight is 538 g/mol. The lowest BCUT2D eigenvalue weighted by Gasteiger charge is -2.38. The number of aliphatic hydroxyl groups is 1. The molecular formula is C31H35N7O2. The highest BCUT2D eigenvalue weighted by Gasteiger charge is 2.62. The molecule has 1 saturated carbocycles. The van der Waals surface area contributed by atoms with Gasteiger partial charge >= 0.3 is 0 Å². The van der Waals surface area contributed by atoms with Crippen molar-refractivity contribution in [1.82, 2.24) is 29.2 Å². The fraction of sp³-hybridized carbons (Fsp3) is 0.419. The first-order valence-corrected chi connectivity index (χ1v) is 13.9. The second kappa shape index (κ2) is 8.34. The summed E-state index contributed by atoms with van der Waals surface area (Å²) in [6.07, 6.45) is 6.08. The maximum absolute atomic E-state index is 13.4. The zero-order valence-corrected chi connectivity index (χ0v) is 23.5. The molecule has 2 N–H and O–H groups in total. The van der Waals surface area contributed by atoms with Crippen molar-refractivity contribution in [2.75, 3.05) is 18.9 Å². The van der Waals surface area contributed by atoms with E-state index in [0.29, 0.717) is 28.5 Å². The minimum Gasteiger partial charge on any atom is -0.383 e. The van der Waals surface area contributed by atoms with E-state index in [4.69, 9.17) is 9.97 Å². The lowest BCUT2D eigenvalue weighted by molar-refractivity contribution is -0.0102. The Morgan fingerprint density at radius 2 is 1.90 bits per heavy atom. The van der Waals surface area contributed by atoms with Crippen LogP contribution in [0.4, 0.5) is 11.6 Å². The summed E-state index contributed by atoms with van der Waals surface area (Å²) in [5.41, 5.74) is 4.44. The molecule has 3 aliphatic rings. The molecule has 0 radical (unpaired) electrons. The van der Waals surface area contributed by atoms with E-state index < -0.39 is 5.60 Å². The number of hydrogen-bond donors (Lipinski definition) is 2. The number of benzene rings is 1. The predicted octanol–water partition coefficient (Wildman–Crippen LogP) is 4.17. The Morgan fingerprint density at radius 3 is 2.65 bits per heavy atom. The van der Waals surface area contributed by atoms with Gasteiger partial charge in [0.25, 0.3) is 5.56 Å². The summed E-state index contributed by atoms with van der Waals surface area (Å²) in [6, 6.07) is 10.3. The molecule has 0 bridgehead atoms. The number of fused-ring (bicyclic) bond motifs is 3. The van der Waals surface area contributed by atoms with Crippen LogP contribution in [0.2, 0.25) is 0 Å². The Morgan fingerprint density at radius 1 is 1.12 bits per heavy atom. The quantitative estimate of drug-likeness (QED) is 0.369. The van der Waals surface area contributed by atoms with Gasteiger partial charge in [0.15, 0.2) is 11.5 Å². The van der Waals surface area contributed by atoms with Crippen molar-refractivity contribution in [3.63, 3.8) is 0 Å². The normalized spacial score (nSPS) is 22.3. The van der Waals surface area contributed by atoms with Gasteiger partial charge in [-0.3, -0.25) is 4.79 Å². The summed E-state index contributed by atoms with van der Waals surface area (Å²) in [6.45, 7) is 12.4. The van der Waals surface area contributed by atoms with Gasteiger partial charge in [-0.15, -0.1) is 6.58 Å². The smallest absolute Gasteiger partial charge is 0.278 e. The summed E-state index contributed by atoms with van der Waals surface area (Å²) in [5.74, 6) is 0.933. The van der Waals surface area contributed by atoms with E-state index in [9.17, 15) is 9.90 Å². The second-order valence-electron chi connectivity index (χ2n) is 12.7. The van der Waals surface area contributed by atoms with Crippen molar-refractivity contribution in [2.45, 2.75) is 64.1 Å². The molecule has 4 heterocycles. The molecule has 1 unspecified atom stereocenters. The van der Waals surface area contributed by atoms with Crippen LogP contribution >= 0.6 is 0 Å². The summed E-state index contributed by atoms with van der Waals surface area (Å²) in [5, 5.41) is 15.2. The summed E-state index contributed by atoms with van der Waals surface area (Å²) in [7, 11) is 2.15. The molecule has 2 aliphatic carbocycles. The van der Waals surface area contributed by atoms with E-state index in [-0.39, 0.29) is 22.9 Å². The molecule has 1 fully saturated rings. The molecular weight excluding hydrogens is 502 g/mol. The molecule has 206 valence electrons. The second-order valence-corrected chi connectivity index (χ2v) is 12.7. The number of allylic oxidation sites excluding steroid dienone is 1. The van der Waals surface area contributed by atoms with E-state index in [1.54, 1.807) is 21.6 Å². The number of likely N-dealkylation sites (N-methyl/N-ethyl adjacent to an activating group) is 1. The number of hydrogen-bond acceptors (Lipinski definition) is 7. The number of pyridine rings is 1. The zero-order chi connectivity index (χ0) is 28.0. The monoisotopic (exact) mass is 537 g/mol. The Bertz CT molecular complexity index is 1760. The van der Waals surface area contributed by atoms with Crippen LogP contribution in [-0.2, 0) is 30.5 Å². The van der Waals surface area contributed by atoms with Crippen LogP contribution in [0.25, 0.3) is 16.9 Å². The predicted molar refractivity (Wildman–Crippen MR) is 155 cm³/mol. The third-order valence-electron chi connectivity index (χ3n) is 9.24. The fourth-order valence-electron chi connectivity index (χ4n) is 7.03. The van der Waals surface area contributed by atoms with E-state index in [2.05, 4.69) is 60.9 Å². The Balaban J connectivity index is 1.32. The molecule has 3 aromatic heterocycles.